The number of ether oxygens (including phenoxy) is 1. The molecule has 0 amide bonds. The molecule has 0 fully saturated rings. The number of hydrogen-bond donors (Lipinski definition) is 0. The van der Waals surface area contributed by atoms with Crippen LogP contribution in [-0.2, 0) is 4.74 Å². The van der Waals surface area contributed by atoms with Crippen LogP contribution in [0.15, 0.2) is 23.7 Å². The minimum absolute atomic E-state index is 1.15. The molecule has 0 spiro atoms. The van der Waals surface area contributed by atoms with Gasteiger partial charge in [-0.1, -0.05) is 51.4 Å². The van der Waals surface area contributed by atoms with Crippen LogP contribution in [0.4, 0.5) is 0 Å². The summed E-state index contributed by atoms with van der Waals surface area (Å²) in [6.45, 7) is 0. The molecule has 0 aromatic heterocycles. The van der Waals surface area contributed by atoms with E-state index in [0.717, 1.165) is 12.8 Å². The largest absolute Gasteiger partial charge is 0.467 e. The summed E-state index contributed by atoms with van der Waals surface area (Å²) in [4.78, 5) is 0. The molecule has 0 N–H and O–H groups in total. The Bertz CT molecular complexity index is 295. The van der Waals surface area contributed by atoms with Crippen LogP contribution in [-0.4, -0.2) is 0 Å². The normalized spacial score (nSPS) is 23.6. The molecule has 0 saturated carbocycles. The lowest BCUT2D eigenvalue weighted by atomic mass is 10.0. The van der Waals surface area contributed by atoms with Crippen LogP contribution in [0.3, 0.4) is 0 Å². The molecule has 0 aromatic carbocycles. The number of hydrogen-bond acceptors (Lipinski definition) is 1. The lowest BCUT2D eigenvalue weighted by molar-refractivity contribution is 0.265. The third-order valence-electron chi connectivity index (χ3n) is 4.76. The smallest absolute Gasteiger partial charge is 0.0996 e. The average Bonchev–Trinajstić information content (AvgIpc) is 2.52. The standard InChI is InChI=1S/C20H34O/c1-3-7-11-15-19(16-12-8-4-1)21-20-17-13-9-5-2-6-10-14-18-20/h15,17H,1-14,16,18H2. The van der Waals surface area contributed by atoms with Crippen LogP contribution >= 0.6 is 0 Å². The predicted molar refractivity (Wildman–Crippen MR) is 91.1 cm³/mol. The number of rotatable bonds is 2. The first-order valence-corrected chi connectivity index (χ1v) is 9.51. The van der Waals surface area contributed by atoms with Crippen LogP contribution in [0.5, 0.6) is 0 Å². The summed E-state index contributed by atoms with van der Waals surface area (Å²) < 4.78 is 6.32. The van der Waals surface area contributed by atoms with E-state index < -0.39 is 0 Å². The fourth-order valence-electron chi connectivity index (χ4n) is 3.39. The highest BCUT2D eigenvalue weighted by molar-refractivity contribution is 5.03. The van der Waals surface area contributed by atoms with E-state index in [9.17, 15) is 0 Å². The first-order chi connectivity index (χ1) is 10.4. The molecule has 0 heterocycles. The predicted octanol–water partition coefficient (Wildman–Crippen LogP) is 7.04. The molecule has 0 radical (unpaired) electrons. The zero-order valence-electron chi connectivity index (χ0n) is 13.9. The van der Waals surface area contributed by atoms with E-state index in [0.29, 0.717) is 0 Å². The quantitative estimate of drug-likeness (QED) is 0.530. The van der Waals surface area contributed by atoms with E-state index in [1.807, 2.05) is 0 Å². The van der Waals surface area contributed by atoms with Crippen molar-refractivity contribution in [1.82, 2.24) is 0 Å². The van der Waals surface area contributed by atoms with Gasteiger partial charge in [-0.25, -0.2) is 0 Å². The molecule has 2 rings (SSSR count). The second-order valence-corrected chi connectivity index (χ2v) is 6.76. The fourth-order valence-corrected chi connectivity index (χ4v) is 3.39. The van der Waals surface area contributed by atoms with E-state index in [2.05, 4.69) is 12.2 Å². The maximum absolute atomic E-state index is 6.32. The SMILES string of the molecule is C1=C(OC2=CCCCCCCCC2)CCCCCCCC1. The van der Waals surface area contributed by atoms with E-state index in [1.165, 1.54) is 101 Å². The van der Waals surface area contributed by atoms with E-state index in [1.54, 1.807) is 0 Å². The van der Waals surface area contributed by atoms with Crippen LogP contribution in [0, 0.1) is 0 Å². The summed E-state index contributed by atoms with van der Waals surface area (Å²) in [5.74, 6) is 2.53. The first kappa shape index (κ1) is 16.6. The lowest BCUT2D eigenvalue weighted by Crippen LogP contribution is -1.98. The molecule has 0 unspecified atom stereocenters. The Morgan fingerprint density at radius 2 is 0.857 bits per heavy atom. The zero-order valence-corrected chi connectivity index (χ0v) is 13.9. The van der Waals surface area contributed by atoms with Crippen molar-refractivity contribution in [1.29, 1.82) is 0 Å². The molecular weight excluding hydrogens is 256 g/mol. The van der Waals surface area contributed by atoms with Gasteiger partial charge in [0.15, 0.2) is 0 Å². The van der Waals surface area contributed by atoms with Gasteiger partial charge in [0.05, 0.1) is 11.5 Å². The topological polar surface area (TPSA) is 9.23 Å². The van der Waals surface area contributed by atoms with Crippen molar-refractivity contribution in [2.24, 2.45) is 0 Å². The molecule has 0 aromatic rings. The van der Waals surface area contributed by atoms with Crippen molar-refractivity contribution < 1.29 is 4.74 Å². The molecule has 2 aliphatic rings. The first-order valence-electron chi connectivity index (χ1n) is 9.51. The Morgan fingerprint density at radius 1 is 0.476 bits per heavy atom. The highest BCUT2D eigenvalue weighted by atomic mass is 16.5. The van der Waals surface area contributed by atoms with Gasteiger partial charge < -0.3 is 4.74 Å². The third-order valence-corrected chi connectivity index (χ3v) is 4.76. The summed E-state index contributed by atoms with van der Waals surface area (Å²) >= 11 is 0. The van der Waals surface area contributed by atoms with Crippen LogP contribution in [0.25, 0.3) is 0 Å². The molecule has 1 heteroatoms. The van der Waals surface area contributed by atoms with Gasteiger partial charge in [0.25, 0.3) is 0 Å². The average molecular weight is 290 g/mol. The monoisotopic (exact) mass is 290 g/mol. The highest BCUT2D eigenvalue weighted by Crippen LogP contribution is 2.24. The lowest BCUT2D eigenvalue weighted by Gasteiger charge is -2.16. The van der Waals surface area contributed by atoms with Gasteiger partial charge in [0.2, 0.25) is 0 Å². The van der Waals surface area contributed by atoms with Gasteiger partial charge >= 0.3 is 0 Å². The molecule has 0 atom stereocenters. The molecule has 0 bridgehead atoms. The summed E-state index contributed by atoms with van der Waals surface area (Å²) in [5, 5.41) is 0. The Morgan fingerprint density at radius 3 is 1.33 bits per heavy atom. The minimum atomic E-state index is 1.15. The second-order valence-electron chi connectivity index (χ2n) is 6.76. The maximum atomic E-state index is 6.32. The van der Waals surface area contributed by atoms with Crippen LogP contribution in [0.1, 0.15) is 103 Å². The number of allylic oxidation sites excluding steroid dienone is 4. The summed E-state index contributed by atoms with van der Waals surface area (Å²) in [6.07, 6.45) is 26.0. The van der Waals surface area contributed by atoms with Crippen molar-refractivity contribution in [3.63, 3.8) is 0 Å². The van der Waals surface area contributed by atoms with Gasteiger partial charge in [-0.3, -0.25) is 0 Å². The van der Waals surface area contributed by atoms with E-state index in [-0.39, 0.29) is 0 Å². The maximum Gasteiger partial charge on any atom is 0.0996 e. The van der Waals surface area contributed by atoms with Gasteiger partial charge in [0.1, 0.15) is 0 Å². The van der Waals surface area contributed by atoms with Crippen molar-refractivity contribution >= 4 is 0 Å². The van der Waals surface area contributed by atoms with Crippen molar-refractivity contribution in [2.75, 3.05) is 0 Å². The second kappa shape index (κ2) is 10.9. The van der Waals surface area contributed by atoms with Gasteiger partial charge in [-0.15, -0.1) is 0 Å². The Hall–Kier alpha value is -0.720. The summed E-state index contributed by atoms with van der Waals surface area (Å²) in [7, 11) is 0. The molecule has 0 aliphatic heterocycles. The Labute approximate surface area is 131 Å². The third kappa shape index (κ3) is 7.74. The van der Waals surface area contributed by atoms with E-state index >= 15 is 0 Å². The Kier molecular flexibility index (Phi) is 8.66. The minimum Gasteiger partial charge on any atom is -0.467 e. The highest BCUT2D eigenvalue weighted by Gasteiger charge is 2.07. The van der Waals surface area contributed by atoms with Crippen molar-refractivity contribution in [3.05, 3.63) is 23.7 Å². The molecular formula is C20H34O. The van der Waals surface area contributed by atoms with Crippen LogP contribution in [0.2, 0.25) is 0 Å². The van der Waals surface area contributed by atoms with Gasteiger partial charge in [0, 0.05) is 12.8 Å². The molecule has 120 valence electrons. The molecule has 1 nitrogen and oxygen atoms in total. The summed E-state index contributed by atoms with van der Waals surface area (Å²) in [5.41, 5.74) is 0. The Balaban J connectivity index is 1.87. The fraction of sp³-hybridized carbons (Fsp3) is 0.800. The molecule has 21 heavy (non-hydrogen) atoms. The van der Waals surface area contributed by atoms with Crippen molar-refractivity contribution in [3.8, 4) is 0 Å². The molecule has 0 saturated heterocycles. The van der Waals surface area contributed by atoms with E-state index in [4.69, 9.17) is 4.74 Å². The molecule has 2 aliphatic carbocycles. The summed E-state index contributed by atoms with van der Waals surface area (Å²) in [6, 6.07) is 0. The van der Waals surface area contributed by atoms with Crippen LogP contribution < -0.4 is 0 Å². The zero-order chi connectivity index (χ0) is 14.6. The van der Waals surface area contributed by atoms with Gasteiger partial charge in [-0.2, -0.15) is 0 Å². The van der Waals surface area contributed by atoms with Crippen molar-refractivity contribution in [2.45, 2.75) is 103 Å². The van der Waals surface area contributed by atoms with Gasteiger partial charge in [-0.05, 0) is 50.7 Å².